The lowest BCUT2D eigenvalue weighted by Crippen LogP contribution is -2.24. The van der Waals surface area contributed by atoms with E-state index >= 15 is 0 Å². The Balaban J connectivity index is 1.33. The zero-order valence-electron chi connectivity index (χ0n) is 21.4. The molecule has 0 aliphatic carbocycles. The van der Waals surface area contributed by atoms with E-state index in [2.05, 4.69) is 15.7 Å². The van der Waals surface area contributed by atoms with E-state index < -0.39 is 5.56 Å². The molecular formula is C30H24N4O6. The summed E-state index contributed by atoms with van der Waals surface area (Å²) >= 11 is 0. The van der Waals surface area contributed by atoms with Crippen LogP contribution < -0.4 is 30.4 Å². The average Bonchev–Trinajstić information content (AvgIpc) is 3.67. The number of carbonyl (C=O) groups is 1. The van der Waals surface area contributed by atoms with Crippen LogP contribution in [0.3, 0.4) is 0 Å². The quantitative estimate of drug-likeness (QED) is 0.273. The maximum absolute atomic E-state index is 13.7. The number of anilines is 2. The Bertz CT molecular complexity index is 1730. The predicted molar refractivity (Wildman–Crippen MR) is 147 cm³/mol. The molecule has 3 heterocycles. The second kappa shape index (κ2) is 10.7. The van der Waals surface area contributed by atoms with Crippen LogP contribution in [-0.2, 0) is 6.54 Å². The highest BCUT2D eigenvalue weighted by Crippen LogP contribution is 2.37. The molecule has 0 saturated carbocycles. The van der Waals surface area contributed by atoms with Crippen molar-refractivity contribution in [3.05, 3.63) is 119 Å². The fraction of sp³-hybridized carbons (Fsp3) is 0.100. The molecule has 200 valence electrons. The van der Waals surface area contributed by atoms with Gasteiger partial charge in [0.2, 0.25) is 6.79 Å². The van der Waals surface area contributed by atoms with E-state index in [0.29, 0.717) is 39.9 Å². The van der Waals surface area contributed by atoms with Crippen molar-refractivity contribution in [3.63, 3.8) is 0 Å². The van der Waals surface area contributed by atoms with Crippen molar-refractivity contribution in [1.29, 1.82) is 0 Å². The first kappa shape index (κ1) is 24.8. The van der Waals surface area contributed by atoms with E-state index in [4.69, 9.17) is 18.6 Å². The van der Waals surface area contributed by atoms with Crippen LogP contribution in [0.2, 0.25) is 0 Å². The number of carbonyl (C=O) groups excluding carboxylic acids is 1. The van der Waals surface area contributed by atoms with Crippen molar-refractivity contribution in [2.24, 2.45) is 0 Å². The minimum Gasteiger partial charge on any atom is -0.467 e. The number of hydrogen-bond acceptors (Lipinski definition) is 8. The van der Waals surface area contributed by atoms with Crippen molar-refractivity contribution >= 4 is 17.3 Å². The molecule has 2 aromatic heterocycles. The number of aryl methyl sites for hydroxylation is 1. The molecule has 0 radical (unpaired) electrons. The first-order chi connectivity index (χ1) is 19.5. The van der Waals surface area contributed by atoms with E-state index in [1.54, 1.807) is 60.9 Å². The summed E-state index contributed by atoms with van der Waals surface area (Å²) in [5, 5.41) is 10.3. The number of amides is 1. The van der Waals surface area contributed by atoms with Gasteiger partial charge in [-0.2, -0.15) is 9.78 Å². The van der Waals surface area contributed by atoms with Gasteiger partial charge in [0.1, 0.15) is 11.5 Å². The van der Waals surface area contributed by atoms with Gasteiger partial charge in [-0.05, 0) is 61.5 Å². The maximum Gasteiger partial charge on any atom is 0.299 e. The SMILES string of the molecule is Cc1ccc(-n2ncc(Oc3ccc4c(c3)OCO4)c(Nc3cccc(C(=O)NCc4ccco4)c3)c2=O)cc1. The molecule has 1 aliphatic heterocycles. The second-order valence-corrected chi connectivity index (χ2v) is 9.02. The van der Waals surface area contributed by atoms with Crippen molar-refractivity contribution in [2.45, 2.75) is 13.5 Å². The zero-order chi connectivity index (χ0) is 27.5. The number of furan rings is 1. The third-order valence-corrected chi connectivity index (χ3v) is 6.19. The summed E-state index contributed by atoms with van der Waals surface area (Å²) < 4.78 is 23.5. The predicted octanol–water partition coefficient (Wildman–Crippen LogP) is 5.33. The van der Waals surface area contributed by atoms with E-state index in [9.17, 15) is 9.59 Å². The Morgan fingerprint density at radius 1 is 1.00 bits per heavy atom. The van der Waals surface area contributed by atoms with Crippen LogP contribution in [0, 0.1) is 6.92 Å². The summed E-state index contributed by atoms with van der Waals surface area (Å²) in [6.45, 7) is 2.35. The van der Waals surface area contributed by atoms with Crippen LogP contribution in [0.5, 0.6) is 23.0 Å². The Hall–Kier alpha value is -5.51. The second-order valence-electron chi connectivity index (χ2n) is 9.02. The highest BCUT2D eigenvalue weighted by Gasteiger charge is 2.19. The van der Waals surface area contributed by atoms with Gasteiger partial charge < -0.3 is 29.3 Å². The van der Waals surface area contributed by atoms with Gasteiger partial charge in [0, 0.05) is 17.3 Å². The lowest BCUT2D eigenvalue weighted by molar-refractivity contribution is 0.0948. The summed E-state index contributed by atoms with van der Waals surface area (Å²) in [5.74, 6) is 2.14. The molecule has 0 bridgehead atoms. The lowest BCUT2D eigenvalue weighted by atomic mass is 10.2. The normalized spacial score (nSPS) is 11.7. The molecule has 1 amide bonds. The summed E-state index contributed by atoms with van der Waals surface area (Å²) in [6.07, 6.45) is 3.02. The van der Waals surface area contributed by atoms with Gasteiger partial charge >= 0.3 is 0 Å². The Labute approximate surface area is 228 Å². The van der Waals surface area contributed by atoms with Crippen molar-refractivity contribution in [2.75, 3.05) is 12.1 Å². The van der Waals surface area contributed by atoms with E-state index in [1.807, 2.05) is 31.2 Å². The third-order valence-electron chi connectivity index (χ3n) is 6.19. The van der Waals surface area contributed by atoms with Gasteiger partial charge in [-0.1, -0.05) is 23.8 Å². The maximum atomic E-state index is 13.7. The van der Waals surface area contributed by atoms with E-state index in [-0.39, 0.29) is 30.7 Å². The molecule has 0 unspecified atom stereocenters. The van der Waals surface area contributed by atoms with Crippen LogP contribution in [0.1, 0.15) is 21.7 Å². The van der Waals surface area contributed by atoms with E-state index in [1.165, 1.54) is 10.9 Å². The summed E-state index contributed by atoms with van der Waals surface area (Å²) in [4.78, 5) is 26.5. The zero-order valence-corrected chi connectivity index (χ0v) is 21.4. The molecule has 10 nitrogen and oxygen atoms in total. The minimum absolute atomic E-state index is 0.130. The molecule has 5 aromatic rings. The first-order valence-corrected chi connectivity index (χ1v) is 12.5. The topological polar surface area (TPSA) is 117 Å². The van der Waals surface area contributed by atoms with Crippen LogP contribution in [0.4, 0.5) is 11.4 Å². The Morgan fingerprint density at radius 3 is 2.67 bits per heavy atom. The molecule has 10 heteroatoms. The van der Waals surface area contributed by atoms with Crippen LogP contribution >= 0.6 is 0 Å². The number of hydrogen-bond donors (Lipinski definition) is 2. The minimum atomic E-state index is -0.435. The van der Waals surface area contributed by atoms with Crippen molar-refractivity contribution < 1.29 is 23.4 Å². The molecule has 40 heavy (non-hydrogen) atoms. The number of benzene rings is 3. The molecule has 0 atom stereocenters. The van der Waals surface area contributed by atoms with Crippen molar-refractivity contribution in [3.8, 4) is 28.7 Å². The van der Waals surface area contributed by atoms with Crippen molar-refractivity contribution in [1.82, 2.24) is 15.1 Å². The number of nitrogens with zero attached hydrogens (tertiary/aromatic N) is 2. The van der Waals surface area contributed by atoms with Crippen LogP contribution in [0.25, 0.3) is 5.69 Å². The molecule has 1 aliphatic rings. The molecular weight excluding hydrogens is 512 g/mol. The van der Waals surface area contributed by atoms with Gasteiger partial charge in [0.15, 0.2) is 22.9 Å². The molecule has 6 rings (SSSR count). The van der Waals surface area contributed by atoms with Gasteiger partial charge in [-0.15, -0.1) is 0 Å². The summed E-state index contributed by atoms with van der Waals surface area (Å²) in [6, 6.07) is 22.9. The van der Waals surface area contributed by atoms with Crippen LogP contribution in [0.15, 0.2) is 101 Å². The highest BCUT2D eigenvalue weighted by molar-refractivity contribution is 5.95. The lowest BCUT2D eigenvalue weighted by Gasteiger charge is -2.15. The molecule has 0 fully saturated rings. The van der Waals surface area contributed by atoms with Crippen LogP contribution in [-0.4, -0.2) is 22.5 Å². The third kappa shape index (κ3) is 5.23. The Kier molecular flexibility index (Phi) is 6.63. The Morgan fingerprint density at radius 2 is 1.85 bits per heavy atom. The van der Waals surface area contributed by atoms with Gasteiger partial charge in [0.05, 0.1) is 24.7 Å². The van der Waals surface area contributed by atoms with Gasteiger partial charge in [-0.25, -0.2) is 0 Å². The molecule has 3 aromatic carbocycles. The summed E-state index contributed by atoms with van der Waals surface area (Å²) in [5.41, 5.74) is 2.28. The number of aromatic nitrogens is 2. The largest absolute Gasteiger partial charge is 0.467 e. The standard InChI is InChI=1S/C30H24N4O6/c1-19-7-9-22(10-8-19)34-30(36)28(27(17-32-34)40-23-11-12-25-26(15-23)39-18-38-25)33-21-5-2-4-20(14-21)29(35)31-16-24-6-3-13-37-24/h2-15,17,33H,16,18H2,1H3,(H,31,35). The number of rotatable bonds is 8. The van der Waals surface area contributed by atoms with E-state index in [0.717, 1.165) is 5.56 Å². The van der Waals surface area contributed by atoms with Gasteiger partial charge in [-0.3, -0.25) is 9.59 Å². The average molecular weight is 537 g/mol. The highest BCUT2D eigenvalue weighted by atomic mass is 16.7. The molecule has 0 spiro atoms. The number of ether oxygens (including phenoxy) is 3. The fourth-order valence-electron chi connectivity index (χ4n) is 4.13. The first-order valence-electron chi connectivity index (χ1n) is 12.5. The number of nitrogens with one attached hydrogen (secondary N) is 2. The monoisotopic (exact) mass is 536 g/mol. The van der Waals surface area contributed by atoms with Gasteiger partial charge in [0.25, 0.3) is 11.5 Å². The summed E-state index contributed by atoms with van der Waals surface area (Å²) in [7, 11) is 0. The molecule has 0 saturated heterocycles. The smallest absolute Gasteiger partial charge is 0.299 e. The molecule has 2 N–H and O–H groups in total. The fourth-order valence-corrected chi connectivity index (χ4v) is 4.13. The number of fused-ring (bicyclic) bond motifs is 1.